The van der Waals surface area contributed by atoms with Crippen molar-refractivity contribution in [3.05, 3.63) is 106 Å². The number of unbranched alkanes of at least 4 members (excludes halogenated alkanes) is 2. The maximum atomic E-state index is 15.5. The number of aliphatic imine (C=N–C) groups is 1. The van der Waals surface area contributed by atoms with Gasteiger partial charge in [0.25, 0.3) is 0 Å². The highest BCUT2D eigenvalue weighted by Gasteiger charge is 2.46. The van der Waals surface area contributed by atoms with Gasteiger partial charge in [0.05, 0.1) is 6.42 Å². The van der Waals surface area contributed by atoms with E-state index in [4.69, 9.17) is 22.9 Å². The van der Waals surface area contributed by atoms with Crippen LogP contribution >= 0.6 is 0 Å². The van der Waals surface area contributed by atoms with Crippen molar-refractivity contribution in [1.82, 2.24) is 36.0 Å². The largest absolute Gasteiger partial charge is 0.481 e. The number of carboxylic acids is 2. The first-order chi connectivity index (χ1) is 36.4. The standard InChI is InChI=1S/C53H70N12O11/c1-2-3-19-37(62-53(57)76)45(68)61-40(27-44(66)67)49(72)65-30-36-18-9-6-15-33(36)26-43(65)50(73)64-29-35-17-8-5-14-32(35)25-42(64)46(69)59-38(21-12-23-58-52(55)56)48(71)63-28-34-16-7-4-13-31(34)24-41(63)47(70)60-39(51(74)75)20-10-11-22-54/h4-9,13-18,37-43H,2-3,10-12,19-30,54H2,1H3,(H,59,69)(H,60,70)(H,61,68)(H,66,67)(H,74,75)(H4,55,56,58)(H3,57,62,76)/t37-,38-,39-,40-,41-,42+,43-/m0/s1. The van der Waals surface area contributed by atoms with Gasteiger partial charge in [-0.2, -0.15) is 0 Å². The Morgan fingerprint density at radius 2 is 1.03 bits per heavy atom. The number of nitrogens with zero attached hydrogens (tertiary/aromatic N) is 4. The van der Waals surface area contributed by atoms with Crippen LogP contribution in [0.1, 0.15) is 98.1 Å². The summed E-state index contributed by atoms with van der Waals surface area (Å²) in [6.45, 7) is 1.93. The highest BCUT2D eigenvalue weighted by molar-refractivity contribution is 5.99. The maximum absolute atomic E-state index is 15.5. The van der Waals surface area contributed by atoms with Crippen LogP contribution in [-0.2, 0) is 77.3 Å². The normalized spacial score (nSPS) is 18.2. The smallest absolute Gasteiger partial charge is 0.326 e. The van der Waals surface area contributed by atoms with E-state index in [2.05, 4.69) is 26.3 Å². The third-order valence-electron chi connectivity index (χ3n) is 14.1. The number of carbonyl (C=O) groups excluding carboxylic acids is 7. The van der Waals surface area contributed by atoms with E-state index < -0.39 is 102 Å². The lowest BCUT2D eigenvalue weighted by Crippen LogP contribution is -2.64. The summed E-state index contributed by atoms with van der Waals surface area (Å²) in [7, 11) is 0. The van der Waals surface area contributed by atoms with E-state index in [0.29, 0.717) is 48.9 Å². The Morgan fingerprint density at radius 1 is 0.566 bits per heavy atom. The van der Waals surface area contributed by atoms with Gasteiger partial charge in [-0.3, -0.25) is 38.6 Å². The summed E-state index contributed by atoms with van der Waals surface area (Å²) in [6.07, 6.45) is 1.60. The van der Waals surface area contributed by atoms with Crippen LogP contribution in [-0.4, -0.2) is 140 Å². The Morgan fingerprint density at radius 3 is 1.53 bits per heavy atom. The molecule has 0 unspecified atom stereocenters. The van der Waals surface area contributed by atoms with Crippen LogP contribution in [0.4, 0.5) is 4.79 Å². The Bertz CT molecular complexity index is 2660. The van der Waals surface area contributed by atoms with Gasteiger partial charge in [-0.05, 0) is 78.5 Å². The van der Waals surface area contributed by atoms with Crippen LogP contribution in [0.5, 0.6) is 0 Å². The van der Waals surface area contributed by atoms with Crippen molar-refractivity contribution in [2.24, 2.45) is 27.9 Å². The second-order valence-electron chi connectivity index (χ2n) is 19.4. The maximum Gasteiger partial charge on any atom is 0.326 e. The van der Waals surface area contributed by atoms with Crippen molar-refractivity contribution in [3.8, 4) is 0 Å². The fourth-order valence-electron chi connectivity index (χ4n) is 10.1. The number of hydrogen-bond donors (Lipinski definition) is 10. The number of primary amides is 1. The van der Waals surface area contributed by atoms with Crippen molar-refractivity contribution in [3.63, 3.8) is 0 Å². The van der Waals surface area contributed by atoms with E-state index in [1.54, 1.807) is 54.6 Å². The first-order valence-corrected chi connectivity index (χ1v) is 25.7. The van der Waals surface area contributed by atoms with Crippen LogP contribution in [0.25, 0.3) is 0 Å². The topological polar surface area (TPSA) is 368 Å². The van der Waals surface area contributed by atoms with Crippen LogP contribution in [0.3, 0.4) is 0 Å². The van der Waals surface area contributed by atoms with Crippen molar-refractivity contribution in [1.29, 1.82) is 0 Å². The first-order valence-electron chi connectivity index (χ1n) is 25.7. The summed E-state index contributed by atoms with van der Waals surface area (Å²) in [5.41, 5.74) is 26.6. The Balaban J connectivity index is 1.35. The minimum atomic E-state index is -1.70. The quantitative estimate of drug-likeness (QED) is 0.0327. The van der Waals surface area contributed by atoms with E-state index in [9.17, 15) is 39.0 Å². The molecule has 23 nitrogen and oxygen atoms in total. The molecule has 3 heterocycles. The van der Waals surface area contributed by atoms with Crippen LogP contribution < -0.4 is 44.2 Å². The molecule has 0 spiro atoms. The van der Waals surface area contributed by atoms with Gasteiger partial charge < -0.3 is 69.1 Å². The molecule has 0 aromatic heterocycles. The highest BCUT2D eigenvalue weighted by atomic mass is 16.4. The Hall–Kier alpha value is -8.08. The second kappa shape index (κ2) is 26.9. The van der Waals surface area contributed by atoms with E-state index in [1.807, 2.05) is 25.1 Å². The average Bonchev–Trinajstić information content (AvgIpc) is 3.42. The number of benzene rings is 3. The molecule has 23 heteroatoms. The van der Waals surface area contributed by atoms with E-state index in [1.165, 1.54) is 14.7 Å². The lowest BCUT2D eigenvalue weighted by molar-refractivity contribution is -0.154. The molecule has 408 valence electrons. The van der Waals surface area contributed by atoms with Gasteiger partial charge in [0.2, 0.25) is 35.4 Å². The molecule has 76 heavy (non-hydrogen) atoms. The molecule has 14 N–H and O–H groups in total. The number of nitrogens with two attached hydrogens (primary N) is 4. The summed E-state index contributed by atoms with van der Waals surface area (Å²) < 4.78 is 0. The van der Waals surface area contributed by atoms with Gasteiger partial charge >= 0.3 is 18.0 Å². The molecule has 0 radical (unpaired) electrons. The predicted octanol–water partition coefficient (Wildman–Crippen LogP) is 0.270. The lowest BCUT2D eigenvalue weighted by atomic mass is 9.89. The Kier molecular flexibility index (Phi) is 20.3. The molecule has 0 bridgehead atoms. The fraction of sp³-hybridized carbons (Fsp3) is 0.472. The van der Waals surface area contributed by atoms with Crippen molar-refractivity contribution >= 4 is 59.4 Å². The number of amides is 8. The molecule has 3 aromatic carbocycles. The third kappa shape index (κ3) is 14.8. The van der Waals surface area contributed by atoms with E-state index >= 15 is 14.4 Å². The van der Waals surface area contributed by atoms with Crippen LogP contribution in [0.2, 0.25) is 0 Å². The van der Waals surface area contributed by atoms with Crippen LogP contribution in [0, 0.1) is 0 Å². The molecule has 0 saturated carbocycles. The minimum absolute atomic E-state index is 0.0214. The molecule has 0 saturated heterocycles. The summed E-state index contributed by atoms with van der Waals surface area (Å²) in [4.78, 5) is 133. The van der Waals surface area contributed by atoms with Gasteiger partial charge in [-0.15, -0.1) is 0 Å². The Labute approximate surface area is 440 Å². The third-order valence-corrected chi connectivity index (χ3v) is 14.1. The lowest BCUT2D eigenvalue weighted by Gasteiger charge is -2.43. The predicted molar refractivity (Wildman–Crippen MR) is 278 cm³/mol. The number of fused-ring (bicyclic) bond motifs is 3. The number of guanidine groups is 1. The first kappa shape index (κ1) is 57.2. The molecule has 3 aromatic rings. The average molecular weight is 1050 g/mol. The number of carboxylic acid groups (broad SMARTS) is 2. The number of nitrogens with one attached hydrogen (secondary N) is 4. The monoisotopic (exact) mass is 1050 g/mol. The number of hydrogen-bond acceptors (Lipinski definition) is 11. The number of rotatable bonds is 24. The number of urea groups is 1. The second-order valence-corrected chi connectivity index (χ2v) is 19.4. The number of carbonyl (C=O) groups is 9. The molecule has 0 aliphatic carbocycles. The van der Waals surface area contributed by atoms with Gasteiger partial charge in [-0.1, -0.05) is 92.6 Å². The molecule has 3 aliphatic heterocycles. The summed E-state index contributed by atoms with van der Waals surface area (Å²) in [5.74, 6) is -7.39. The van der Waals surface area contributed by atoms with Crippen LogP contribution in [0.15, 0.2) is 77.8 Å². The minimum Gasteiger partial charge on any atom is -0.481 e. The zero-order valence-corrected chi connectivity index (χ0v) is 42.7. The zero-order valence-electron chi connectivity index (χ0n) is 42.7. The SMILES string of the molecule is CCCC[C@H](NC(N)=O)C(=O)N[C@@H](CC(=O)O)C(=O)N1Cc2ccccc2C[C@H]1C(=O)N1Cc2ccccc2C[C@@H]1C(=O)N[C@@H](CCCN=C(N)N)C(=O)N1Cc2ccccc2C[C@H]1C(=O)N[C@@H](CCCCN)C(=O)O. The van der Waals surface area contributed by atoms with Gasteiger partial charge in [0, 0.05) is 45.4 Å². The molecular weight excluding hydrogens is 981 g/mol. The molecule has 0 fully saturated rings. The number of aliphatic carboxylic acids is 2. The molecule has 3 aliphatic rings. The van der Waals surface area contributed by atoms with Crippen molar-refractivity contribution in [2.75, 3.05) is 13.1 Å². The molecule has 7 atom stereocenters. The fourth-order valence-corrected chi connectivity index (χ4v) is 10.1. The van der Waals surface area contributed by atoms with Gasteiger partial charge in [0.1, 0.15) is 42.3 Å². The van der Waals surface area contributed by atoms with Gasteiger partial charge in [-0.25, -0.2) is 9.59 Å². The van der Waals surface area contributed by atoms with E-state index in [0.717, 1.165) is 16.7 Å². The summed E-state index contributed by atoms with van der Waals surface area (Å²) >= 11 is 0. The molecule has 6 rings (SSSR count). The zero-order chi connectivity index (χ0) is 55.1. The van der Waals surface area contributed by atoms with Gasteiger partial charge in [0.15, 0.2) is 5.96 Å². The summed E-state index contributed by atoms with van der Waals surface area (Å²) in [5, 5.41) is 30.5. The molecular formula is C53H70N12O11. The summed E-state index contributed by atoms with van der Waals surface area (Å²) in [6, 6.07) is 11.2. The highest BCUT2D eigenvalue weighted by Crippen LogP contribution is 2.31. The van der Waals surface area contributed by atoms with Crippen molar-refractivity contribution < 1.29 is 53.4 Å². The van der Waals surface area contributed by atoms with E-state index in [-0.39, 0.29) is 77.1 Å². The van der Waals surface area contributed by atoms with Crippen molar-refractivity contribution in [2.45, 2.75) is 146 Å². The molecule has 8 amide bonds.